The zero-order valence-corrected chi connectivity index (χ0v) is 16.3. The molecule has 124 valence electrons. The second-order valence-electron chi connectivity index (χ2n) is 5.82. The Labute approximate surface area is 151 Å². The normalized spacial score (nSPS) is 11.5. The minimum atomic E-state index is -0.120. The van der Waals surface area contributed by atoms with E-state index in [0.29, 0.717) is 13.2 Å². The molecule has 0 aliphatic heterocycles. The van der Waals surface area contributed by atoms with Gasteiger partial charge in [-0.3, -0.25) is 4.99 Å². The third-order valence-corrected chi connectivity index (χ3v) is 2.76. The smallest absolute Gasteiger partial charge is 0.191 e. The van der Waals surface area contributed by atoms with Crippen molar-refractivity contribution >= 4 is 29.9 Å². The van der Waals surface area contributed by atoms with Gasteiger partial charge in [0.2, 0.25) is 0 Å². The summed E-state index contributed by atoms with van der Waals surface area (Å²) in [6.45, 7) is 11.9. The summed E-state index contributed by atoms with van der Waals surface area (Å²) in [7, 11) is 1.76. The van der Waals surface area contributed by atoms with Crippen molar-refractivity contribution in [2.45, 2.75) is 39.5 Å². The first-order valence-electron chi connectivity index (χ1n) is 7.22. The molecule has 0 atom stereocenters. The average Bonchev–Trinajstić information content (AvgIpc) is 2.45. The Morgan fingerprint density at radius 1 is 1.27 bits per heavy atom. The van der Waals surface area contributed by atoms with Crippen molar-refractivity contribution in [3.63, 3.8) is 0 Å². The van der Waals surface area contributed by atoms with Gasteiger partial charge in [-0.25, -0.2) is 0 Å². The number of ether oxygens (including phenoxy) is 1. The molecule has 0 amide bonds. The molecule has 1 aromatic carbocycles. The molecule has 0 aromatic heterocycles. The van der Waals surface area contributed by atoms with E-state index in [9.17, 15) is 0 Å². The Morgan fingerprint density at radius 3 is 2.55 bits per heavy atom. The summed E-state index contributed by atoms with van der Waals surface area (Å²) in [6.07, 6.45) is 1.80. The molecule has 0 unspecified atom stereocenters. The molecule has 0 bridgehead atoms. The molecule has 0 heterocycles. The van der Waals surface area contributed by atoms with Gasteiger partial charge in [0.25, 0.3) is 0 Å². The summed E-state index contributed by atoms with van der Waals surface area (Å²) in [6, 6.07) is 8.38. The number of rotatable bonds is 6. The molecule has 2 N–H and O–H groups in total. The number of halogens is 1. The molecular weight excluding hydrogens is 389 g/mol. The Kier molecular flexibility index (Phi) is 10.1. The van der Waals surface area contributed by atoms with Crippen LogP contribution in [0.25, 0.3) is 0 Å². The van der Waals surface area contributed by atoms with Gasteiger partial charge in [0, 0.05) is 20.1 Å². The Bertz CT molecular complexity index is 481. The Morgan fingerprint density at radius 2 is 1.95 bits per heavy atom. The molecule has 0 aliphatic carbocycles. The van der Waals surface area contributed by atoms with Gasteiger partial charge in [-0.1, -0.05) is 30.3 Å². The zero-order chi connectivity index (χ0) is 15.7. The third-order valence-electron chi connectivity index (χ3n) is 2.76. The molecule has 0 saturated carbocycles. The number of hydrogen-bond donors (Lipinski definition) is 2. The van der Waals surface area contributed by atoms with Crippen LogP contribution in [-0.4, -0.2) is 25.2 Å². The fraction of sp³-hybridized carbons (Fsp3) is 0.471. The van der Waals surface area contributed by atoms with Crippen molar-refractivity contribution in [1.29, 1.82) is 0 Å². The number of nitrogens with one attached hydrogen (secondary N) is 2. The summed E-state index contributed by atoms with van der Waals surface area (Å²) in [5.41, 5.74) is 2.26. The second kappa shape index (κ2) is 10.6. The predicted octanol–water partition coefficient (Wildman–Crippen LogP) is 3.47. The summed E-state index contributed by atoms with van der Waals surface area (Å²) in [5, 5.41) is 6.42. The quantitative estimate of drug-likeness (QED) is 0.323. The van der Waals surface area contributed by atoms with E-state index in [4.69, 9.17) is 4.74 Å². The van der Waals surface area contributed by atoms with Crippen LogP contribution < -0.4 is 10.6 Å². The van der Waals surface area contributed by atoms with Crippen molar-refractivity contribution in [2.75, 3.05) is 13.6 Å². The molecule has 0 aliphatic rings. The van der Waals surface area contributed by atoms with Crippen LogP contribution in [0.4, 0.5) is 0 Å². The van der Waals surface area contributed by atoms with E-state index < -0.39 is 0 Å². The predicted molar refractivity (Wildman–Crippen MR) is 105 cm³/mol. The van der Waals surface area contributed by atoms with Gasteiger partial charge in [-0.15, -0.1) is 30.6 Å². The Balaban J connectivity index is 0.00000441. The van der Waals surface area contributed by atoms with E-state index in [2.05, 4.69) is 67.2 Å². The van der Waals surface area contributed by atoms with Crippen LogP contribution >= 0.6 is 24.0 Å². The van der Waals surface area contributed by atoms with E-state index in [1.165, 1.54) is 11.1 Å². The van der Waals surface area contributed by atoms with Crippen molar-refractivity contribution < 1.29 is 4.74 Å². The lowest BCUT2D eigenvalue weighted by Crippen LogP contribution is -2.36. The van der Waals surface area contributed by atoms with Crippen LogP contribution in [0.15, 0.2) is 41.9 Å². The molecular formula is C17H28IN3O. The second-order valence-corrected chi connectivity index (χ2v) is 5.82. The lowest BCUT2D eigenvalue weighted by atomic mass is 10.1. The van der Waals surface area contributed by atoms with Gasteiger partial charge < -0.3 is 15.4 Å². The highest BCUT2D eigenvalue weighted by Gasteiger charge is 2.10. The minimum absolute atomic E-state index is 0. The lowest BCUT2D eigenvalue weighted by Gasteiger charge is -2.19. The largest absolute Gasteiger partial charge is 0.371 e. The van der Waals surface area contributed by atoms with Crippen LogP contribution in [0.3, 0.4) is 0 Å². The average molecular weight is 417 g/mol. The van der Waals surface area contributed by atoms with E-state index in [1.54, 1.807) is 13.1 Å². The molecule has 4 nitrogen and oxygen atoms in total. The number of benzene rings is 1. The number of nitrogens with zero attached hydrogens (tertiary/aromatic N) is 1. The van der Waals surface area contributed by atoms with Crippen LogP contribution in [-0.2, 0) is 17.9 Å². The highest BCUT2D eigenvalue weighted by atomic mass is 127. The van der Waals surface area contributed by atoms with E-state index >= 15 is 0 Å². The van der Waals surface area contributed by atoms with E-state index in [1.807, 2.05) is 0 Å². The number of hydrogen-bond acceptors (Lipinski definition) is 2. The molecule has 22 heavy (non-hydrogen) atoms. The summed E-state index contributed by atoms with van der Waals surface area (Å²) in [4.78, 5) is 4.15. The first kappa shape index (κ1) is 20.9. The van der Waals surface area contributed by atoms with Gasteiger partial charge in [0.1, 0.15) is 0 Å². The van der Waals surface area contributed by atoms with Gasteiger partial charge >= 0.3 is 0 Å². The van der Waals surface area contributed by atoms with Gasteiger partial charge in [0.05, 0.1) is 12.2 Å². The third kappa shape index (κ3) is 9.04. The fourth-order valence-electron chi connectivity index (χ4n) is 1.70. The van der Waals surface area contributed by atoms with Gasteiger partial charge in [-0.05, 0) is 31.9 Å². The van der Waals surface area contributed by atoms with Crippen molar-refractivity contribution in [3.05, 3.63) is 48.0 Å². The first-order valence-corrected chi connectivity index (χ1v) is 7.22. The highest BCUT2D eigenvalue weighted by molar-refractivity contribution is 14.0. The topological polar surface area (TPSA) is 45.7 Å². The van der Waals surface area contributed by atoms with Crippen molar-refractivity contribution in [2.24, 2.45) is 4.99 Å². The molecule has 5 heteroatoms. The maximum atomic E-state index is 5.80. The zero-order valence-electron chi connectivity index (χ0n) is 14.0. The van der Waals surface area contributed by atoms with Crippen LogP contribution in [0.2, 0.25) is 0 Å². The summed E-state index contributed by atoms with van der Waals surface area (Å²) in [5.74, 6) is 0.770. The standard InChI is InChI=1S/C17H27N3O.HI/c1-6-10-19-16(18-5)20-12-14-8-7-9-15(11-14)13-21-17(2,3)4;/h6-9,11H,1,10,12-13H2,2-5H3,(H2,18,19,20);1H. The molecule has 0 fully saturated rings. The minimum Gasteiger partial charge on any atom is -0.371 e. The summed E-state index contributed by atoms with van der Waals surface area (Å²) < 4.78 is 5.80. The van der Waals surface area contributed by atoms with E-state index in [0.717, 1.165) is 12.5 Å². The van der Waals surface area contributed by atoms with Gasteiger partial charge in [0.15, 0.2) is 5.96 Å². The molecule has 1 aromatic rings. The van der Waals surface area contributed by atoms with Gasteiger partial charge in [-0.2, -0.15) is 0 Å². The first-order chi connectivity index (χ1) is 9.94. The molecule has 0 radical (unpaired) electrons. The van der Waals surface area contributed by atoms with Crippen LogP contribution in [0.5, 0.6) is 0 Å². The van der Waals surface area contributed by atoms with Crippen molar-refractivity contribution in [3.8, 4) is 0 Å². The molecule has 1 rings (SSSR count). The number of guanidine groups is 1. The summed E-state index contributed by atoms with van der Waals surface area (Å²) >= 11 is 0. The monoisotopic (exact) mass is 417 g/mol. The number of aliphatic imine (C=N–C) groups is 1. The SMILES string of the molecule is C=CCNC(=NC)NCc1cccc(COC(C)(C)C)c1.I. The lowest BCUT2D eigenvalue weighted by molar-refractivity contribution is -0.0149. The molecule has 0 spiro atoms. The highest BCUT2D eigenvalue weighted by Crippen LogP contribution is 2.13. The fourth-order valence-corrected chi connectivity index (χ4v) is 1.70. The van der Waals surface area contributed by atoms with Crippen LogP contribution in [0, 0.1) is 0 Å². The van der Waals surface area contributed by atoms with Crippen LogP contribution in [0.1, 0.15) is 31.9 Å². The Hall–Kier alpha value is -1.08. The maximum Gasteiger partial charge on any atom is 0.191 e. The molecule has 0 saturated heterocycles. The maximum absolute atomic E-state index is 5.80. The van der Waals surface area contributed by atoms with Crippen molar-refractivity contribution in [1.82, 2.24) is 10.6 Å². The van der Waals surface area contributed by atoms with E-state index in [-0.39, 0.29) is 29.6 Å².